The molecule has 0 aromatic carbocycles. The van der Waals surface area contributed by atoms with Crippen LogP contribution in [0.1, 0.15) is 11.8 Å². The van der Waals surface area contributed by atoms with Gasteiger partial charge in [-0.15, -0.1) is 11.3 Å². The molecule has 2 heterocycles. The number of hydrogen-bond donors (Lipinski definition) is 0. The Morgan fingerprint density at radius 1 is 1.47 bits per heavy atom. The zero-order valence-corrected chi connectivity index (χ0v) is 9.09. The van der Waals surface area contributed by atoms with Crippen molar-refractivity contribution in [1.82, 2.24) is 4.98 Å². The molecule has 0 saturated carbocycles. The van der Waals surface area contributed by atoms with Gasteiger partial charge in [-0.1, -0.05) is 6.07 Å². The Morgan fingerprint density at radius 2 is 2.33 bits per heavy atom. The fourth-order valence-electron chi connectivity index (χ4n) is 1.31. The fraction of sp³-hybridized carbons (Fsp3) is 0.0833. The lowest BCUT2D eigenvalue weighted by atomic mass is 10.1. The smallest absolute Gasteiger partial charge is 0.0982 e. The molecule has 0 N–H and O–H groups in total. The summed E-state index contributed by atoms with van der Waals surface area (Å²) in [7, 11) is 0. The molecular formula is C12H10FNS. The Bertz CT molecular complexity index is 469. The quantitative estimate of drug-likeness (QED) is 0.739. The number of pyridine rings is 1. The third kappa shape index (κ3) is 2.50. The van der Waals surface area contributed by atoms with Crippen LogP contribution in [0.15, 0.2) is 41.8 Å². The predicted octanol–water partition coefficient (Wildman–Crippen LogP) is 4.14. The fourth-order valence-corrected chi connectivity index (χ4v) is 2.20. The van der Waals surface area contributed by atoms with E-state index in [9.17, 15) is 4.39 Å². The number of nitrogens with zero attached hydrogens (tertiary/aromatic N) is 1. The minimum absolute atomic E-state index is 0.172. The first-order valence-corrected chi connectivity index (χ1v) is 5.46. The van der Waals surface area contributed by atoms with E-state index in [1.165, 1.54) is 24.3 Å². The highest BCUT2D eigenvalue weighted by molar-refractivity contribution is 7.11. The van der Waals surface area contributed by atoms with Crippen LogP contribution in [0.25, 0.3) is 17.2 Å². The van der Waals surface area contributed by atoms with Crippen molar-refractivity contribution in [2.24, 2.45) is 0 Å². The molecule has 76 valence electrons. The van der Waals surface area contributed by atoms with E-state index in [0.29, 0.717) is 0 Å². The number of aromatic nitrogens is 1. The second-order valence-corrected chi connectivity index (χ2v) is 4.15. The molecule has 0 aliphatic heterocycles. The first-order valence-electron chi connectivity index (χ1n) is 4.58. The van der Waals surface area contributed by atoms with Gasteiger partial charge in [0, 0.05) is 22.8 Å². The van der Waals surface area contributed by atoms with Gasteiger partial charge in [-0.3, -0.25) is 4.98 Å². The molecule has 0 atom stereocenters. The van der Waals surface area contributed by atoms with E-state index in [1.54, 1.807) is 12.4 Å². The maximum absolute atomic E-state index is 12.7. The third-order valence-electron chi connectivity index (χ3n) is 1.96. The van der Waals surface area contributed by atoms with Gasteiger partial charge < -0.3 is 0 Å². The van der Waals surface area contributed by atoms with Gasteiger partial charge >= 0.3 is 0 Å². The third-order valence-corrected chi connectivity index (χ3v) is 2.84. The molecule has 2 rings (SSSR count). The van der Waals surface area contributed by atoms with Crippen molar-refractivity contribution < 1.29 is 4.39 Å². The lowest BCUT2D eigenvalue weighted by Crippen LogP contribution is -1.74. The van der Waals surface area contributed by atoms with Crippen LogP contribution in [0.2, 0.25) is 0 Å². The highest BCUT2D eigenvalue weighted by atomic mass is 32.1. The molecule has 2 aromatic heterocycles. The Balaban J connectivity index is 2.32. The molecule has 3 heteroatoms. The first kappa shape index (κ1) is 10.1. The van der Waals surface area contributed by atoms with E-state index >= 15 is 0 Å². The van der Waals surface area contributed by atoms with Gasteiger partial charge in [0.05, 0.1) is 5.83 Å². The molecule has 0 fully saturated rings. The maximum Gasteiger partial charge on any atom is 0.0982 e. The monoisotopic (exact) mass is 219 g/mol. The minimum Gasteiger partial charge on any atom is -0.264 e. The van der Waals surface area contributed by atoms with Gasteiger partial charge in [-0.2, -0.15) is 0 Å². The van der Waals surface area contributed by atoms with Crippen LogP contribution in [0.5, 0.6) is 0 Å². The van der Waals surface area contributed by atoms with E-state index in [2.05, 4.69) is 4.98 Å². The van der Waals surface area contributed by atoms with Crippen molar-refractivity contribution in [3.63, 3.8) is 0 Å². The van der Waals surface area contributed by atoms with Crippen molar-refractivity contribution in [3.05, 3.63) is 46.7 Å². The average molecular weight is 219 g/mol. The summed E-state index contributed by atoms with van der Waals surface area (Å²) in [6.07, 6.45) is 5.07. The molecule has 0 spiro atoms. The maximum atomic E-state index is 12.7. The van der Waals surface area contributed by atoms with Gasteiger partial charge in [0.1, 0.15) is 0 Å². The topological polar surface area (TPSA) is 12.9 Å². The predicted molar refractivity (Wildman–Crippen MR) is 62.3 cm³/mol. The minimum atomic E-state index is -0.172. The van der Waals surface area contributed by atoms with Crippen molar-refractivity contribution >= 4 is 17.4 Å². The van der Waals surface area contributed by atoms with Crippen LogP contribution in [-0.2, 0) is 0 Å². The van der Waals surface area contributed by atoms with Crippen LogP contribution in [0, 0.1) is 0 Å². The first-order chi connectivity index (χ1) is 7.25. The summed E-state index contributed by atoms with van der Waals surface area (Å²) in [5.74, 6) is -0.172. The van der Waals surface area contributed by atoms with Gasteiger partial charge in [0.2, 0.25) is 0 Å². The second-order valence-electron chi connectivity index (χ2n) is 3.21. The number of thiophene rings is 1. The van der Waals surface area contributed by atoms with Crippen LogP contribution in [0.3, 0.4) is 0 Å². The van der Waals surface area contributed by atoms with Crippen LogP contribution in [0.4, 0.5) is 4.39 Å². The highest BCUT2D eigenvalue weighted by Gasteiger charge is 2.00. The molecule has 0 amide bonds. The molecule has 1 nitrogen and oxygen atoms in total. The van der Waals surface area contributed by atoms with Crippen LogP contribution < -0.4 is 0 Å². The van der Waals surface area contributed by atoms with Crippen molar-refractivity contribution in [2.45, 2.75) is 6.92 Å². The molecule has 0 aliphatic rings. The van der Waals surface area contributed by atoms with Crippen molar-refractivity contribution in [1.29, 1.82) is 0 Å². The standard InChI is InChI=1S/C12H10FNS/c1-9(13)5-12-6-11(8-15-12)10-3-2-4-14-7-10/h2-8H,1H3/b9-5+. The Kier molecular flexibility index (Phi) is 2.92. The SMILES string of the molecule is C/C(F)=C\c1cc(-c2cccnc2)cs1. The Hall–Kier alpha value is -1.48. The average Bonchev–Trinajstić information content (AvgIpc) is 2.67. The normalized spacial score (nSPS) is 11.7. The molecule has 0 bridgehead atoms. The summed E-state index contributed by atoms with van der Waals surface area (Å²) >= 11 is 1.53. The van der Waals surface area contributed by atoms with Crippen molar-refractivity contribution in [2.75, 3.05) is 0 Å². The largest absolute Gasteiger partial charge is 0.264 e. The molecule has 0 aliphatic carbocycles. The number of rotatable bonds is 2. The summed E-state index contributed by atoms with van der Waals surface area (Å²) in [6, 6.07) is 5.85. The Morgan fingerprint density at radius 3 is 3.00 bits per heavy atom. The van der Waals surface area contributed by atoms with E-state index in [-0.39, 0.29) is 5.83 Å². The summed E-state index contributed by atoms with van der Waals surface area (Å²) in [4.78, 5) is 4.97. The van der Waals surface area contributed by atoms with Crippen LogP contribution >= 0.6 is 11.3 Å². The van der Waals surface area contributed by atoms with Gasteiger partial charge in [0.25, 0.3) is 0 Å². The van der Waals surface area contributed by atoms with Gasteiger partial charge in [-0.05, 0) is 36.1 Å². The van der Waals surface area contributed by atoms with Crippen molar-refractivity contribution in [3.8, 4) is 11.1 Å². The number of hydrogen-bond acceptors (Lipinski definition) is 2. The summed E-state index contributed by atoms with van der Waals surface area (Å²) in [6.45, 7) is 1.45. The van der Waals surface area contributed by atoms with Crippen LogP contribution in [-0.4, -0.2) is 4.98 Å². The molecule has 0 unspecified atom stereocenters. The molecule has 15 heavy (non-hydrogen) atoms. The van der Waals surface area contributed by atoms with E-state index in [1.807, 2.05) is 23.6 Å². The second kappa shape index (κ2) is 4.36. The number of allylic oxidation sites excluding steroid dienone is 1. The molecular weight excluding hydrogens is 209 g/mol. The lowest BCUT2D eigenvalue weighted by Gasteiger charge is -1.93. The molecule has 2 aromatic rings. The van der Waals surface area contributed by atoms with E-state index in [4.69, 9.17) is 0 Å². The Labute approximate surface area is 91.9 Å². The van der Waals surface area contributed by atoms with E-state index in [0.717, 1.165) is 16.0 Å². The van der Waals surface area contributed by atoms with Gasteiger partial charge in [-0.25, -0.2) is 4.39 Å². The molecule has 0 saturated heterocycles. The molecule has 0 radical (unpaired) electrons. The number of halogens is 1. The zero-order valence-electron chi connectivity index (χ0n) is 8.27. The summed E-state index contributed by atoms with van der Waals surface area (Å²) in [5, 5.41) is 2.01. The zero-order chi connectivity index (χ0) is 10.7. The van der Waals surface area contributed by atoms with E-state index < -0.39 is 0 Å². The summed E-state index contributed by atoms with van der Waals surface area (Å²) in [5.41, 5.74) is 2.14. The lowest BCUT2D eigenvalue weighted by molar-refractivity contribution is 0.648. The van der Waals surface area contributed by atoms with Gasteiger partial charge in [0.15, 0.2) is 0 Å². The highest BCUT2D eigenvalue weighted by Crippen LogP contribution is 2.26. The summed E-state index contributed by atoms with van der Waals surface area (Å²) < 4.78 is 12.7.